The lowest BCUT2D eigenvalue weighted by Gasteiger charge is -2.05. The van der Waals surface area contributed by atoms with Crippen molar-refractivity contribution in [1.82, 2.24) is 4.98 Å². The number of aromatic nitrogens is 1. The van der Waals surface area contributed by atoms with Gasteiger partial charge in [-0.3, -0.25) is 4.79 Å². The number of thiazole rings is 1. The van der Waals surface area contributed by atoms with Crippen molar-refractivity contribution in [3.63, 3.8) is 0 Å². The highest BCUT2D eigenvalue weighted by atomic mass is 35.5. The van der Waals surface area contributed by atoms with E-state index >= 15 is 0 Å². The van der Waals surface area contributed by atoms with Crippen LogP contribution >= 0.6 is 22.9 Å². The Kier molecular flexibility index (Phi) is 4.53. The van der Waals surface area contributed by atoms with E-state index in [0.717, 1.165) is 26.4 Å². The Hall–Kier alpha value is -2.56. The molecular weight excluding hydrogens is 369 g/mol. The van der Waals surface area contributed by atoms with Gasteiger partial charge in [0.05, 0.1) is 15.2 Å². The Bertz CT molecular complexity index is 1070. The van der Waals surface area contributed by atoms with E-state index in [9.17, 15) is 9.18 Å². The third-order valence-corrected chi connectivity index (χ3v) is 5.47. The predicted octanol–water partition coefficient (Wildman–Crippen LogP) is 6.18. The molecule has 26 heavy (non-hydrogen) atoms. The van der Waals surface area contributed by atoms with Crippen LogP contribution in [0.5, 0.6) is 0 Å². The average Bonchev–Trinajstić information content (AvgIpc) is 3.06. The highest BCUT2D eigenvalue weighted by Gasteiger charge is 2.12. The molecule has 0 amide bonds. The topological polar surface area (TPSA) is 30.0 Å². The molecule has 4 aromatic rings. The van der Waals surface area contributed by atoms with E-state index in [1.807, 2.05) is 36.4 Å². The number of halogens is 2. The van der Waals surface area contributed by atoms with Crippen LogP contribution in [0, 0.1) is 5.82 Å². The first-order chi connectivity index (χ1) is 12.6. The number of carbonyl (C=O) groups excluding carboxylic acids is 1. The molecule has 0 aliphatic heterocycles. The van der Waals surface area contributed by atoms with E-state index in [1.54, 1.807) is 17.4 Å². The van der Waals surface area contributed by atoms with Crippen LogP contribution in [-0.2, 0) is 6.42 Å². The van der Waals surface area contributed by atoms with Gasteiger partial charge in [-0.1, -0.05) is 35.9 Å². The summed E-state index contributed by atoms with van der Waals surface area (Å²) >= 11 is 8.03. The van der Waals surface area contributed by atoms with Gasteiger partial charge in [0.15, 0.2) is 5.78 Å². The third-order valence-electron chi connectivity index (χ3n) is 4.09. The fraction of sp³-hybridized carbons (Fsp3) is 0.0476. The molecule has 128 valence electrons. The van der Waals surface area contributed by atoms with Crippen molar-refractivity contribution in [2.75, 3.05) is 0 Å². The molecule has 0 bridgehead atoms. The first-order valence-electron chi connectivity index (χ1n) is 8.03. The van der Waals surface area contributed by atoms with Crippen molar-refractivity contribution < 1.29 is 9.18 Å². The van der Waals surface area contributed by atoms with Gasteiger partial charge in [0.1, 0.15) is 10.8 Å². The molecule has 0 spiro atoms. The van der Waals surface area contributed by atoms with Crippen LogP contribution in [0.4, 0.5) is 4.39 Å². The van der Waals surface area contributed by atoms with Gasteiger partial charge in [-0.2, -0.15) is 0 Å². The van der Waals surface area contributed by atoms with Crippen molar-refractivity contribution in [1.29, 1.82) is 0 Å². The van der Waals surface area contributed by atoms with Gasteiger partial charge in [-0.05, 0) is 48.0 Å². The molecule has 0 aliphatic rings. The molecule has 0 unspecified atom stereocenters. The predicted molar refractivity (Wildman–Crippen MR) is 105 cm³/mol. The molecule has 0 saturated carbocycles. The summed E-state index contributed by atoms with van der Waals surface area (Å²) in [5.74, 6) is -0.432. The average molecular weight is 382 g/mol. The molecule has 0 atom stereocenters. The standard InChI is InChI=1S/C21H13ClFNOS/c22-17-11-13(12-19(25)14-6-8-15(23)9-7-14)5-10-16(17)21-24-18-3-1-2-4-20(18)26-21/h1-11H,12H2. The lowest BCUT2D eigenvalue weighted by atomic mass is 10.0. The quantitative estimate of drug-likeness (QED) is 0.395. The Morgan fingerprint density at radius 3 is 2.54 bits per heavy atom. The highest BCUT2D eigenvalue weighted by Crippen LogP contribution is 2.34. The van der Waals surface area contributed by atoms with Crippen molar-refractivity contribution in [2.45, 2.75) is 6.42 Å². The zero-order valence-corrected chi connectivity index (χ0v) is 15.2. The van der Waals surface area contributed by atoms with Crippen molar-refractivity contribution in [3.05, 3.63) is 88.7 Å². The Balaban J connectivity index is 1.59. The molecule has 0 saturated heterocycles. The number of hydrogen-bond acceptors (Lipinski definition) is 3. The number of rotatable bonds is 4. The second-order valence-electron chi connectivity index (χ2n) is 5.91. The molecule has 5 heteroatoms. The third kappa shape index (κ3) is 3.39. The number of para-hydroxylation sites is 1. The Morgan fingerprint density at radius 2 is 1.81 bits per heavy atom. The number of fused-ring (bicyclic) bond motifs is 1. The maximum absolute atomic E-state index is 13.0. The van der Waals surface area contributed by atoms with Crippen LogP contribution in [0.25, 0.3) is 20.8 Å². The summed E-state index contributed by atoms with van der Waals surface area (Å²) in [6, 6.07) is 19.1. The molecule has 4 rings (SSSR count). The minimum atomic E-state index is -0.357. The second-order valence-corrected chi connectivity index (χ2v) is 7.35. The summed E-state index contributed by atoms with van der Waals surface area (Å²) in [5, 5.41) is 1.42. The van der Waals surface area contributed by atoms with Crippen LogP contribution in [0.3, 0.4) is 0 Å². The van der Waals surface area contributed by atoms with E-state index in [1.165, 1.54) is 24.3 Å². The lowest BCUT2D eigenvalue weighted by Crippen LogP contribution is -2.03. The Labute approximate surface area is 158 Å². The van der Waals surface area contributed by atoms with Crippen LogP contribution in [-0.4, -0.2) is 10.8 Å². The van der Waals surface area contributed by atoms with E-state index < -0.39 is 0 Å². The minimum Gasteiger partial charge on any atom is -0.294 e. The highest BCUT2D eigenvalue weighted by molar-refractivity contribution is 7.21. The molecule has 0 radical (unpaired) electrons. The number of carbonyl (C=O) groups is 1. The van der Waals surface area contributed by atoms with Gasteiger partial charge < -0.3 is 0 Å². The molecular formula is C21H13ClFNOS. The molecule has 0 aliphatic carbocycles. The van der Waals surface area contributed by atoms with Crippen LogP contribution in [0.2, 0.25) is 5.02 Å². The summed E-state index contributed by atoms with van der Waals surface area (Å²) in [6.07, 6.45) is 0.214. The number of nitrogens with zero attached hydrogens (tertiary/aromatic N) is 1. The van der Waals surface area contributed by atoms with Crippen LogP contribution in [0.1, 0.15) is 15.9 Å². The zero-order chi connectivity index (χ0) is 18.1. The Morgan fingerprint density at radius 1 is 1.04 bits per heavy atom. The summed E-state index contributed by atoms with van der Waals surface area (Å²) < 4.78 is 14.1. The van der Waals surface area contributed by atoms with Gasteiger partial charge in [0, 0.05) is 17.5 Å². The van der Waals surface area contributed by atoms with E-state index in [-0.39, 0.29) is 18.0 Å². The maximum Gasteiger partial charge on any atom is 0.167 e. The van der Waals surface area contributed by atoms with E-state index in [2.05, 4.69) is 4.98 Å². The zero-order valence-electron chi connectivity index (χ0n) is 13.6. The van der Waals surface area contributed by atoms with Gasteiger partial charge in [0.25, 0.3) is 0 Å². The molecule has 0 fully saturated rings. The molecule has 1 heterocycles. The minimum absolute atomic E-state index is 0.0752. The number of Topliss-reactive ketones (excluding diaryl/α,β-unsaturated/α-hetero) is 1. The SMILES string of the molecule is O=C(Cc1ccc(-c2nc3ccccc3s2)c(Cl)c1)c1ccc(F)cc1. The fourth-order valence-corrected chi connectivity index (χ4v) is 4.11. The maximum atomic E-state index is 13.0. The molecule has 2 nitrogen and oxygen atoms in total. The first kappa shape index (κ1) is 16.9. The van der Waals surface area contributed by atoms with E-state index in [4.69, 9.17) is 11.6 Å². The van der Waals surface area contributed by atoms with Crippen LogP contribution < -0.4 is 0 Å². The van der Waals surface area contributed by atoms with Crippen molar-refractivity contribution in [3.8, 4) is 10.6 Å². The first-order valence-corrected chi connectivity index (χ1v) is 9.23. The lowest BCUT2D eigenvalue weighted by molar-refractivity contribution is 0.0993. The van der Waals surface area contributed by atoms with Gasteiger partial charge in [-0.25, -0.2) is 9.37 Å². The normalized spacial score (nSPS) is 11.0. The van der Waals surface area contributed by atoms with Gasteiger partial charge in [-0.15, -0.1) is 11.3 Å². The summed E-state index contributed by atoms with van der Waals surface area (Å²) in [5.41, 5.74) is 3.09. The smallest absolute Gasteiger partial charge is 0.167 e. The van der Waals surface area contributed by atoms with Gasteiger partial charge in [0.2, 0.25) is 0 Å². The second kappa shape index (κ2) is 6.98. The molecule has 3 aromatic carbocycles. The van der Waals surface area contributed by atoms with Crippen molar-refractivity contribution >= 4 is 38.9 Å². The summed E-state index contributed by atoms with van der Waals surface area (Å²) in [6.45, 7) is 0. The number of benzene rings is 3. The monoisotopic (exact) mass is 381 g/mol. The largest absolute Gasteiger partial charge is 0.294 e. The summed E-state index contributed by atoms with van der Waals surface area (Å²) in [7, 11) is 0. The fourth-order valence-electron chi connectivity index (χ4n) is 2.75. The van der Waals surface area contributed by atoms with Crippen molar-refractivity contribution in [2.24, 2.45) is 0 Å². The van der Waals surface area contributed by atoms with Crippen LogP contribution in [0.15, 0.2) is 66.7 Å². The number of hydrogen-bond donors (Lipinski definition) is 0. The van der Waals surface area contributed by atoms with Gasteiger partial charge >= 0.3 is 0 Å². The number of ketones is 1. The molecule has 0 N–H and O–H groups in total. The molecule has 1 aromatic heterocycles. The summed E-state index contributed by atoms with van der Waals surface area (Å²) in [4.78, 5) is 17.0. The van der Waals surface area contributed by atoms with E-state index in [0.29, 0.717) is 10.6 Å².